The van der Waals surface area contributed by atoms with Gasteiger partial charge in [0.1, 0.15) is 0 Å². The van der Waals surface area contributed by atoms with Gasteiger partial charge >= 0.3 is 0 Å². The molecule has 0 atom stereocenters. The topological polar surface area (TPSA) is 54.3 Å². The van der Waals surface area contributed by atoms with E-state index in [0.717, 1.165) is 17.4 Å². The maximum Gasteiger partial charge on any atom is 0.274 e. The van der Waals surface area contributed by atoms with Gasteiger partial charge in [0.25, 0.3) is 5.91 Å². The monoisotopic (exact) mass is 266 g/mol. The molecule has 1 amide bonds. The summed E-state index contributed by atoms with van der Waals surface area (Å²) in [4.78, 5) is 11.4. The molecular weight excluding hydrogens is 252 g/mol. The number of carbonyl (C=O) groups is 1. The number of hydrogen-bond acceptors (Lipinski definition) is 2. The lowest BCUT2D eigenvalue weighted by atomic mass is 10.1. The normalized spacial score (nSPS) is 10.7. The summed E-state index contributed by atoms with van der Waals surface area (Å²) in [5, 5.41) is 9.63. The lowest BCUT2D eigenvalue weighted by Gasteiger charge is -2.06. The number of hydroxylamine groups is 1. The van der Waals surface area contributed by atoms with Crippen molar-refractivity contribution in [2.24, 2.45) is 0 Å². The molecule has 3 rings (SSSR count). The number of nitrogens with zero attached hydrogens (tertiary/aromatic N) is 1. The van der Waals surface area contributed by atoms with Crippen LogP contribution in [0, 0.1) is 0 Å². The molecule has 0 aliphatic rings. The van der Waals surface area contributed by atoms with E-state index in [1.807, 2.05) is 36.5 Å². The molecule has 0 fully saturated rings. The minimum Gasteiger partial charge on any atom is -0.343 e. The fourth-order valence-corrected chi connectivity index (χ4v) is 2.32. The molecule has 4 heteroatoms. The van der Waals surface area contributed by atoms with E-state index >= 15 is 0 Å². The third-order valence-electron chi connectivity index (χ3n) is 3.33. The molecule has 2 N–H and O–H groups in total. The van der Waals surface area contributed by atoms with Crippen LogP contribution in [-0.2, 0) is 6.54 Å². The minimum atomic E-state index is -0.497. The molecule has 0 saturated carbocycles. The highest BCUT2D eigenvalue weighted by Crippen LogP contribution is 2.19. The highest BCUT2D eigenvalue weighted by atomic mass is 16.5. The zero-order valence-corrected chi connectivity index (χ0v) is 10.8. The smallest absolute Gasteiger partial charge is 0.274 e. The quantitative estimate of drug-likeness (QED) is 0.565. The summed E-state index contributed by atoms with van der Waals surface area (Å²) in [7, 11) is 0. The molecule has 3 aromatic rings. The second-order valence-corrected chi connectivity index (χ2v) is 4.64. The average molecular weight is 266 g/mol. The molecular formula is C16H14N2O2. The molecule has 4 nitrogen and oxygen atoms in total. The Labute approximate surface area is 116 Å². The summed E-state index contributed by atoms with van der Waals surface area (Å²) in [5.74, 6) is -0.497. The molecule has 2 aromatic carbocycles. The van der Waals surface area contributed by atoms with Crippen LogP contribution in [0.2, 0.25) is 0 Å². The Balaban J connectivity index is 1.96. The van der Waals surface area contributed by atoms with Crippen LogP contribution in [0.4, 0.5) is 0 Å². The van der Waals surface area contributed by atoms with Crippen molar-refractivity contribution in [3.63, 3.8) is 0 Å². The van der Waals surface area contributed by atoms with E-state index in [1.165, 1.54) is 5.56 Å². The number of benzene rings is 2. The van der Waals surface area contributed by atoms with E-state index in [1.54, 1.807) is 17.6 Å². The second kappa shape index (κ2) is 5.19. The van der Waals surface area contributed by atoms with Gasteiger partial charge in [-0.3, -0.25) is 10.0 Å². The van der Waals surface area contributed by atoms with Crippen LogP contribution in [0.5, 0.6) is 0 Å². The van der Waals surface area contributed by atoms with Gasteiger partial charge in [0.15, 0.2) is 0 Å². The Kier molecular flexibility index (Phi) is 3.23. The van der Waals surface area contributed by atoms with Gasteiger partial charge in [-0.1, -0.05) is 30.3 Å². The molecule has 20 heavy (non-hydrogen) atoms. The summed E-state index contributed by atoms with van der Waals surface area (Å²) in [5.41, 5.74) is 4.37. The lowest BCUT2D eigenvalue weighted by molar-refractivity contribution is 0.0706. The summed E-state index contributed by atoms with van der Waals surface area (Å²) < 4.78 is 2.13. The fraction of sp³-hybridized carbons (Fsp3) is 0.0625. The highest BCUT2D eigenvalue weighted by Gasteiger charge is 2.07. The zero-order valence-electron chi connectivity index (χ0n) is 10.8. The van der Waals surface area contributed by atoms with E-state index in [-0.39, 0.29) is 0 Å². The van der Waals surface area contributed by atoms with Gasteiger partial charge in [-0.2, -0.15) is 0 Å². The average Bonchev–Trinajstić information content (AvgIpc) is 2.90. The van der Waals surface area contributed by atoms with Crippen molar-refractivity contribution in [2.75, 3.05) is 0 Å². The SMILES string of the molecule is O=C(NO)c1ccc2c(ccn2Cc2ccccc2)c1. The number of amides is 1. The van der Waals surface area contributed by atoms with Gasteiger partial charge in [-0.15, -0.1) is 0 Å². The number of nitrogens with one attached hydrogen (secondary N) is 1. The van der Waals surface area contributed by atoms with Gasteiger partial charge in [-0.05, 0) is 29.8 Å². The van der Waals surface area contributed by atoms with Crippen molar-refractivity contribution in [1.29, 1.82) is 0 Å². The second-order valence-electron chi connectivity index (χ2n) is 4.64. The Bertz CT molecular complexity index is 748. The Hall–Kier alpha value is -2.59. The van der Waals surface area contributed by atoms with E-state index in [0.29, 0.717) is 5.56 Å². The van der Waals surface area contributed by atoms with E-state index in [4.69, 9.17) is 5.21 Å². The summed E-state index contributed by atoms with van der Waals surface area (Å²) in [6.45, 7) is 0.788. The molecule has 1 heterocycles. The van der Waals surface area contributed by atoms with Gasteiger partial charge in [-0.25, -0.2) is 5.48 Å². The number of hydrogen-bond donors (Lipinski definition) is 2. The van der Waals surface area contributed by atoms with Crippen LogP contribution in [0.3, 0.4) is 0 Å². The minimum absolute atomic E-state index is 0.442. The molecule has 0 radical (unpaired) electrons. The maximum atomic E-state index is 11.4. The molecule has 0 unspecified atom stereocenters. The van der Waals surface area contributed by atoms with Crippen LogP contribution >= 0.6 is 0 Å². The number of carbonyl (C=O) groups excluding carboxylic acids is 1. The van der Waals surface area contributed by atoms with E-state index in [9.17, 15) is 4.79 Å². The third kappa shape index (κ3) is 2.29. The van der Waals surface area contributed by atoms with Crippen LogP contribution < -0.4 is 5.48 Å². The van der Waals surface area contributed by atoms with Crippen LogP contribution in [0.1, 0.15) is 15.9 Å². The predicted octanol–water partition coefficient (Wildman–Crippen LogP) is 2.81. The Morgan fingerprint density at radius 2 is 1.90 bits per heavy atom. The first-order valence-corrected chi connectivity index (χ1v) is 6.35. The van der Waals surface area contributed by atoms with Crippen molar-refractivity contribution < 1.29 is 10.0 Å². The standard InChI is InChI=1S/C16H14N2O2/c19-16(17-20)14-6-7-15-13(10-14)8-9-18(15)11-12-4-2-1-3-5-12/h1-10,20H,11H2,(H,17,19). The number of fused-ring (bicyclic) bond motifs is 1. The molecule has 1 aromatic heterocycles. The van der Waals surface area contributed by atoms with Crippen LogP contribution in [0.15, 0.2) is 60.8 Å². The van der Waals surface area contributed by atoms with Crippen LogP contribution in [0.25, 0.3) is 10.9 Å². The van der Waals surface area contributed by atoms with Gasteiger partial charge in [0.2, 0.25) is 0 Å². The number of rotatable bonds is 3. The van der Waals surface area contributed by atoms with Gasteiger partial charge < -0.3 is 4.57 Å². The molecule has 0 aliphatic heterocycles. The third-order valence-corrected chi connectivity index (χ3v) is 3.33. The molecule has 0 bridgehead atoms. The maximum absolute atomic E-state index is 11.4. The molecule has 0 aliphatic carbocycles. The molecule has 100 valence electrons. The van der Waals surface area contributed by atoms with Crippen LogP contribution in [-0.4, -0.2) is 15.7 Å². The lowest BCUT2D eigenvalue weighted by Crippen LogP contribution is -2.18. The molecule has 0 spiro atoms. The van der Waals surface area contributed by atoms with E-state index < -0.39 is 5.91 Å². The fourth-order valence-electron chi connectivity index (χ4n) is 2.32. The highest BCUT2D eigenvalue weighted by molar-refractivity contribution is 5.97. The van der Waals surface area contributed by atoms with Crippen molar-refractivity contribution in [3.05, 3.63) is 71.9 Å². The summed E-state index contributed by atoms with van der Waals surface area (Å²) in [6.07, 6.45) is 2.00. The van der Waals surface area contributed by atoms with E-state index in [2.05, 4.69) is 16.7 Å². The zero-order chi connectivity index (χ0) is 13.9. The van der Waals surface area contributed by atoms with Gasteiger partial charge in [0, 0.05) is 29.2 Å². The Morgan fingerprint density at radius 1 is 1.10 bits per heavy atom. The predicted molar refractivity (Wildman–Crippen MR) is 76.7 cm³/mol. The molecule has 0 saturated heterocycles. The van der Waals surface area contributed by atoms with Crippen molar-refractivity contribution in [2.45, 2.75) is 6.54 Å². The first-order chi connectivity index (χ1) is 9.78. The van der Waals surface area contributed by atoms with Crippen molar-refractivity contribution in [3.8, 4) is 0 Å². The van der Waals surface area contributed by atoms with Gasteiger partial charge in [0.05, 0.1) is 0 Å². The largest absolute Gasteiger partial charge is 0.343 e. The first kappa shape index (κ1) is 12.4. The number of aromatic nitrogens is 1. The first-order valence-electron chi connectivity index (χ1n) is 6.35. The summed E-state index contributed by atoms with van der Waals surface area (Å²) >= 11 is 0. The Morgan fingerprint density at radius 3 is 2.65 bits per heavy atom. The summed E-state index contributed by atoms with van der Waals surface area (Å²) in [6, 6.07) is 17.5. The van der Waals surface area contributed by atoms with Crippen molar-refractivity contribution in [1.82, 2.24) is 10.0 Å². The van der Waals surface area contributed by atoms with Crippen molar-refractivity contribution >= 4 is 16.8 Å².